The molecule has 2 nitrogen and oxygen atoms in total. The molecule has 0 unspecified atom stereocenters. The molecule has 0 aliphatic heterocycles. The van der Waals surface area contributed by atoms with Crippen LogP contribution in [0.1, 0.15) is 16.7 Å². The highest BCUT2D eigenvalue weighted by Crippen LogP contribution is 2.33. The highest BCUT2D eigenvalue weighted by molar-refractivity contribution is 9.10. The minimum Gasteiger partial charge on any atom is -0.381 e. The summed E-state index contributed by atoms with van der Waals surface area (Å²) in [5.41, 5.74) is 1.09. The molecular weight excluding hydrogens is 345 g/mol. The van der Waals surface area contributed by atoms with Crippen LogP contribution in [0, 0.1) is 11.3 Å². The molecule has 0 aliphatic rings. The van der Waals surface area contributed by atoms with Crippen molar-refractivity contribution in [1.29, 1.82) is 5.26 Å². The Hall–Kier alpha value is -2.00. The lowest BCUT2D eigenvalue weighted by molar-refractivity contribution is -0.137. The third-order valence-electron chi connectivity index (χ3n) is 2.80. The lowest BCUT2D eigenvalue weighted by Crippen LogP contribution is -2.07. The topological polar surface area (TPSA) is 35.8 Å². The van der Waals surface area contributed by atoms with E-state index in [1.165, 1.54) is 0 Å². The maximum absolute atomic E-state index is 12.7. The van der Waals surface area contributed by atoms with Gasteiger partial charge in [0.05, 0.1) is 17.2 Å². The van der Waals surface area contributed by atoms with Crippen molar-refractivity contribution in [1.82, 2.24) is 0 Å². The fourth-order valence-corrected chi connectivity index (χ4v) is 2.25. The van der Waals surface area contributed by atoms with Gasteiger partial charge in [-0.25, -0.2) is 0 Å². The average Bonchev–Trinajstić information content (AvgIpc) is 2.44. The van der Waals surface area contributed by atoms with E-state index in [2.05, 4.69) is 21.2 Å². The summed E-state index contributed by atoms with van der Waals surface area (Å²) in [5.74, 6) is 0. The first-order valence-electron chi connectivity index (χ1n) is 5.99. The quantitative estimate of drug-likeness (QED) is 0.846. The Morgan fingerprint density at radius 3 is 2.33 bits per heavy atom. The molecule has 0 saturated carbocycles. The van der Waals surface area contributed by atoms with Crippen molar-refractivity contribution >= 4 is 21.6 Å². The summed E-state index contributed by atoms with van der Waals surface area (Å²) in [6.07, 6.45) is -4.38. The molecule has 0 spiro atoms. The summed E-state index contributed by atoms with van der Waals surface area (Å²) < 4.78 is 38.5. The predicted octanol–water partition coefficient (Wildman–Crippen LogP) is 4.95. The maximum Gasteiger partial charge on any atom is 0.416 e. The number of anilines is 1. The summed E-state index contributed by atoms with van der Waals surface area (Å²) in [7, 11) is 0. The Balaban J connectivity index is 2.12. The van der Waals surface area contributed by atoms with Crippen LogP contribution in [0.2, 0.25) is 0 Å². The average molecular weight is 355 g/mol. The maximum atomic E-state index is 12.7. The summed E-state index contributed by atoms with van der Waals surface area (Å²) in [4.78, 5) is 0. The van der Waals surface area contributed by atoms with Crippen LogP contribution >= 0.6 is 15.9 Å². The first-order chi connectivity index (χ1) is 9.88. The Morgan fingerprint density at radius 2 is 1.76 bits per heavy atom. The third-order valence-corrected chi connectivity index (χ3v) is 3.26. The van der Waals surface area contributed by atoms with E-state index in [-0.39, 0.29) is 0 Å². The molecule has 0 amide bonds. The second-order valence-corrected chi connectivity index (χ2v) is 5.30. The lowest BCUT2D eigenvalue weighted by atomic mass is 10.1. The third kappa shape index (κ3) is 4.23. The van der Waals surface area contributed by atoms with E-state index in [1.54, 1.807) is 30.3 Å². The zero-order valence-corrected chi connectivity index (χ0v) is 12.3. The molecule has 6 heteroatoms. The van der Waals surface area contributed by atoms with E-state index in [9.17, 15) is 13.2 Å². The van der Waals surface area contributed by atoms with Crippen LogP contribution in [0.4, 0.5) is 18.9 Å². The predicted molar refractivity (Wildman–Crippen MR) is 77.6 cm³/mol. The van der Waals surface area contributed by atoms with Gasteiger partial charge in [-0.2, -0.15) is 18.4 Å². The highest BCUT2D eigenvalue weighted by Gasteiger charge is 2.31. The number of nitrogens with one attached hydrogen (secondary N) is 1. The highest BCUT2D eigenvalue weighted by atomic mass is 79.9. The van der Waals surface area contributed by atoms with Crippen molar-refractivity contribution in [2.45, 2.75) is 12.7 Å². The van der Waals surface area contributed by atoms with Gasteiger partial charge in [-0.3, -0.25) is 0 Å². The summed E-state index contributed by atoms with van der Waals surface area (Å²) >= 11 is 3.07. The molecule has 0 bridgehead atoms. The van der Waals surface area contributed by atoms with Crippen molar-refractivity contribution in [2.24, 2.45) is 0 Å². The number of hydrogen-bond acceptors (Lipinski definition) is 2. The standard InChI is InChI=1S/C15H10BrF3N2/c16-13-5-12(15(17,18)19)6-14(7-13)21-9-11-3-1-10(8-20)2-4-11/h1-7,21H,9H2. The number of rotatable bonds is 3. The zero-order chi connectivity index (χ0) is 15.5. The second-order valence-electron chi connectivity index (χ2n) is 4.39. The van der Waals surface area contributed by atoms with E-state index < -0.39 is 11.7 Å². The van der Waals surface area contributed by atoms with Crippen LogP contribution in [0.25, 0.3) is 0 Å². The van der Waals surface area contributed by atoms with Crippen molar-refractivity contribution in [3.8, 4) is 6.07 Å². The lowest BCUT2D eigenvalue weighted by Gasteiger charge is -2.12. The molecule has 0 heterocycles. The van der Waals surface area contributed by atoms with E-state index in [4.69, 9.17) is 5.26 Å². The first-order valence-corrected chi connectivity index (χ1v) is 6.78. The van der Waals surface area contributed by atoms with Crippen LogP contribution in [-0.2, 0) is 12.7 Å². The molecule has 0 radical (unpaired) electrons. The largest absolute Gasteiger partial charge is 0.416 e. The molecule has 1 N–H and O–H groups in total. The van der Waals surface area contributed by atoms with Gasteiger partial charge in [-0.15, -0.1) is 0 Å². The van der Waals surface area contributed by atoms with Crippen molar-refractivity contribution < 1.29 is 13.2 Å². The van der Waals surface area contributed by atoms with Crippen LogP contribution in [-0.4, -0.2) is 0 Å². The van der Waals surface area contributed by atoms with Gasteiger partial charge in [-0.1, -0.05) is 28.1 Å². The fraction of sp³-hybridized carbons (Fsp3) is 0.133. The molecule has 21 heavy (non-hydrogen) atoms. The fourth-order valence-electron chi connectivity index (χ4n) is 1.76. The Bertz CT molecular complexity index is 673. The summed E-state index contributed by atoms with van der Waals surface area (Å²) in [6, 6.07) is 12.5. The number of alkyl halides is 3. The van der Waals surface area contributed by atoms with Gasteiger partial charge in [0.25, 0.3) is 0 Å². The van der Waals surface area contributed by atoms with Gasteiger partial charge < -0.3 is 5.32 Å². The Kier molecular flexibility index (Phi) is 4.53. The number of benzene rings is 2. The van der Waals surface area contributed by atoms with Gasteiger partial charge in [0.15, 0.2) is 0 Å². The second kappa shape index (κ2) is 6.19. The molecule has 0 aliphatic carbocycles. The molecule has 0 fully saturated rings. The summed E-state index contributed by atoms with van der Waals surface area (Å²) in [5, 5.41) is 11.6. The molecule has 2 rings (SSSR count). The van der Waals surface area contributed by atoms with Gasteiger partial charge in [-0.05, 0) is 35.9 Å². The van der Waals surface area contributed by atoms with Gasteiger partial charge in [0.1, 0.15) is 0 Å². The van der Waals surface area contributed by atoms with E-state index in [0.29, 0.717) is 22.3 Å². The molecule has 0 atom stereocenters. The number of nitriles is 1. The van der Waals surface area contributed by atoms with Crippen molar-refractivity contribution in [3.63, 3.8) is 0 Å². The molecule has 0 saturated heterocycles. The van der Waals surface area contributed by atoms with Crippen LogP contribution in [0.3, 0.4) is 0 Å². The SMILES string of the molecule is N#Cc1ccc(CNc2cc(Br)cc(C(F)(F)F)c2)cc1. The molecule has 0 aromatic heterocycles. The smallest absolute Gasteiger partial charge is 0.381 e. The van der Waals surface area contributed by atoms with Crippen molar-refractivity contribution in [2.75, 3.05) is 5.32 Å². The monoisotopic (exact) mass is 354 g/mol. The van der Waals surface area contributed by atoms with Gasteiger partial charge >= 0.3 is 6.18 Å². The van der Waals surface area contributed by atoms with Gasteiger partial charge in [0.2, 0.25) is 0 Å². The number of halogens is 4. The van der Waals surface area contributed by atoms with Crippen LogP contribution in [0.15, 0.2) is 46.9 Å². The Labute approximate surface area is 128 Å². The molecule has 108 valence electrons. The van der Waals surface area contributed by atoms with Crippen molar-refractivity contribution in [3.05, 3.63) is 63.6 Å². The zero-order valence-electron chi connectivity index (χ0n) is 10.7. The first kappa shape index (κ1) is 15.4. The van der Waals surface area contributed by atoms with E-state index in [0.717, 1.165) is 17.7 Å². The molecule has 2 aromatic carbocycles. The molecular formula is C15H10BrF3N2. The van der Waals surface area contributed by atoms with E-state index >= 15 is 0 Å². The number of hydrogen-bond donors (Lipinski definition) is 1. The van der Waals surface area contributed by atoms with Gasteiger partial charge in [0, 0.05) is 16.7 Å². The minimum absolute atomic E-state index is 0.361. The van der Waals surface area contributed by atoms with E-state index in [1.807, 2.05) is 6.07 Å². The molecule has 2 aromatic rings. The normalized spacial score (nSPS) is 11.0. The van der Waals surface area contributed by atoms with Crippen LogP contribution < -0.4 is 5.32 Å². The van der Waals surface area contributed by atoms with Crippen LogP contribution in [0.5, 0.6) is 0 Å². The minimum atomic E-state index is -4.38. The number of nitrogens with zero attached hydrogens (tertiary/aromatic N) is 1. The summed E-state index contributed by atoms with van der Waals surface area (Å²) in [6.45, 7) is 0.374. The Morgan fingerprint density at radius 1 is 1.10 bits per heavy atom.